The van der Waals surface area contributed by atoms with Crippen molar-refractivity contribution in [2.75, 3.05) is 18.4 Å². The topological polar surface area (TPSA) is 108 Å². The largest absolute Gasteiger partial charge is 0.339 e. The second-order valence-electron chi connectivity index (χ2n) is 7.35. The van der Waals surface area contributed by atoms with Crippen LogP contribution in [-0.4, -0.2) is 43.3 Å². The van der Waals surface area contributed by atoms with Crippen LogP contribution >= 0.6 is 11.6 Å². The van der Waals surface area contributed by atoms with Crippen molar-refractivity contribution in [3.8, 4) is 0 Å². The molecule has 0 aliphatic carbocycles. The fraction of sp³-hybridized carbons (Fsp3) is 0.208. The van der Waals surface area contributed by atoms with Crippen molar-refractivity contribution in [2.45, 2.75) is 30.2 Å². The minimum Gasteiger partial charge on any atom is -0.339 e. The number of anilines is 1. The summed E-state index contributed by atoms with van der Waals surface area (Å²) in [5, 5.41) is 5.51. The van der Waals surface area contributed by atoms with Gasteiger partial charge in [0.15, 0.2) is 0 Å². The quantitative estimate of drug-likeness (QED) is 0.477. The van der Waals surface area contributed by atoms with Crippen molar-refractivity contribution in [2.24, 2.45) is 0 Å². The van der Waals surface area contributed by atoms with Gasteiger partial charge in [-0.1, -0.05) is 17.7 Å². The van der Waals surface area contributed by atoms with Gasteiger partial charge in [0.25, 0.3) is 5.91 Å². The number of nitrogens with zero attached hydrogens (tertiary/aromatic N) is 2. The number of hydrogen-bond acceptors (Lipinski definition) is 5. The average Bonchev–Trinajstić information content (AvgIpc) is 2.84. The SMILES string of the molecule is CCN(CC)C(=O)c1cc(Cl)cc(S(=O)(=O)c2ccc(NC(=O)NCc3cccnc3)cc2)c1. The van der Waals surface area contributed by atoms with Crippen LogP contribution < -0.4 is 10.6 Å². The van der Waals surface area contributed by atoms with Gasteiger partial charge < -0.3 is 15.5 Å². The normalized spacial score (nSPS) is 11.0. The number of pyridine rings is 1. The summed E-state index contributed by atoms with van der Waals surface area (Å²) in [6.45, 7) is 4.98. The molecule has 10 heteroatoms. The second kappa shape index (κ2) is 11.1. The molecule has 0 radical (unpaired) electrons. The molecular weight excluding hydrogens is 476 g/mol. The lowest BCUT2D eigenvalue weighted by atomic mass is 10.2. The number of benzene rings is 2. The van der Waals surface area contributed by atoms with Crippen LogP contribution in [0.25, 0.3) is 0 Å². The highest BCUT2D eigenvalue weighted by atomic mass is 35.5. The third kappa shape index (κ3) is 6.12. The zero-order valence-corrected chi connectivity index (χ0v) is 20.4. The van der Waals surface area contributed by atoms with E-state index in [4.69, 9.17) is 11.6 Å². The number of hydrogen-bond donors (Lipinski definition) is 2. The molecule has 0 atom stereocenters. The molecule has 178 valence electrons. The summed E-state index contributed by atoms with van der Waals surface area (Å²) in [6.07, 6.45) is 3.29. The van der Waals surface area contributed by atoms with Crippen LogP contribution in [0.4, 0.5) is 10.5 Å². The molecule has 0 saturated heterocycles. The van der Waals surface area contributed by atoms with Crippen molar-refractivity contribution in [1.29, 1.82) is 0 Å². The maximum Gasteiger partial charge on any atom is 0.319 e. The van der Waals surface area contributed by atoms with E-state index in [1.54, 1.807) is 23.4 Å². The first-order valence-electron chi connectivity index (χ1n) is 10.6. The molecule has 2 aromatic carbocycles. The van der Waals surface area contributed by atoms with Crippen LogP contribution in [0, 0.1) is 0 Å². The number of amides is 3. The van der Waals surface area contributed by atoms with Gasteiger partial charge in [-0.05, 0) is 67.9 Å². The lowest BCUT2D eigenvalue weighted by Crippen LogP contribution is -2.30. The van der Waals surface area contributed by atoms with E-state index < -0.39 is 15.9 Å². The monoisotopic (exact) mass is 500 g/mol. The van der Waals surface area contributed by atoms with Crippen LogP contribution in [0.15, 0.2) is 76.8 Å². The van der Waals surface area contributed by atoms with Gasteiger partial charge >= 0.3 is 6.03 Å². The molecule has 0 spiro atoms. The number of aromatic nitrogens is 1. The van der Waals surface area contributed by atoms with E-state index in [-0.39, 0.29) is 26.3 Å². The second-order valence-corrected chi connectivity index (χ2v) is 9.74. The molecule has 0 bridgehead atoms. The lowest BCUT2D eigenvalue weighted by Gasteiger charge is -2.19. The number of rotatable bonds is 8. The molecule has 3 amide bonds. The Kier molecular flexibility index (Phi) is 8.25. The third-order valence-corrected chi connectivity index (χ3v) is 7.04. The van der Waals surface area contributed by atoms with E-state index in [1.807, 2.05) is 19.9 Å². The highest BCUT2D eigenvalue weighted by Crippen LogP contribution is 2.27. The molecule has 3 aromatic rings. The molecule has 1 heterocycles. The van der Waals surface area contributed by atoms with Gasteiger partial charge in [-0.25, -0.2) is 13.2 Å². The number of halogens is 1. The Morgan fingerprint density at radius 3 is 2.32 bits per heavy atom. The van der Waals surface area contributed by atoms with Crippen molar-refractivity contribution in [1.82, 2.24) is 15.2 Å². The molecule has 34 heavy (non-hydrogen) atoms. The van der Waals surface area contributed by atoms with Gasteiger partial charge in [-0.15, -0.1) is 0 Å². The lowest BCUT2D eigenvalue weighted by molar-refractivity contribution is 0.0772. The van der Waals surface area contributed by atoms with Gasteiger partial charge in [0, 0.05) is 48.3 Å². The van der Waals surface area contributed by atoms with Crippen molar-refractivity contribution >= 4 is 39.1 Å². The zero-order valence-electron chi connectivity index (χ0n) is 18.8. The molecule has 0 aliphatic rings. The van der Waals surface area contributed by atoms with Crippen LogP contribution in [0.5, 0.6) is 0 Å². The van der Waals surface area contributed by atoms with E-state index >= 15 is 0 Å². The fourth-order valence-corrected chi connectivity index (χ4v) is 4.88. The minimum atomic E-state index is -3.94. The number of carbonyl (C=O) groups is 2. The average molecular weight is 501 g/mol. The maximum absolute atomic E-state index is 13.2. The first kappa shape index (κ1) is 25.2. The Labute approximate surface area is 203 Å². The van der Waals surface area contributed by atoms with Gasteiger partial charge in [-0.2, -0.15) is 0 Å². The number of sulfone groups is 1. The standard InChI is InChI=1S/C24H25ClN4O4S/c1-3-29(4-2)23(30)18-12-19(25)14-22(13-18)34(32,33)21-9-7-20(8-10-21)28-24(31)27-16-17-6-5-11-26-15-17/h5-15H,3-4,16H2,1-2H3,(H2,27,28,31). The van der Waals surface area contributed by atoms with Crippen LogP contribution in [0.2, 0.25) is 5.02 Å². The smallest absolute Gasteiger partial charge is 0.319 e. The molecule has 0 unspecified atom stereocenters. The van der Waals surface area contributed by atoms with Crippen molar-refractivity contribution in [3.63, 3.8) is 0 Å². The van der Waals surface area contributed by atoms with Gasteiger partial charge in [0.2, 0.25) is 9.84 Å². The Hall–Kier alpha value is -3.43. The van der Waals surface area contributed by atoms with Crippen LogP contribution in [0.3, 0.4) is 0 Å². The number of nitrogens with one attached hydrogen (secondary N) is 2. The number of carbonyl (C=O) groups excluding carboxylic acids is 2. The van der Waals surface area contributed by atoms with E-state index in [9.17, 15) is 18.0 Å². The molecular formula is C24H25ClN4O4S. The predicted molar refractivity (Wildman–Crippen MR) is 131 cm³/mol. The summed E-state index contributed by atoms with van der Waals surface area (Å²) in [5.74, 6) is -0.291. The zero-order chi connectivity index (χ0) is 24.7. The summed E-state index contributed by atoms with van der Waals surface area (Å²) in [7, 11) is -3.94. The molecule has 2 N–H and O–H groups in total. The highest BCUT2D eigenvalue weighted by Gasteiger charge is 2.22. The predicted octanol–water partition coefficient (Wildman–Crippen LogP) is 4.37. The van der Waals surface area contributed by atoms with E-state index in [1.165, 1.54) is 42.5 Å². The first-order chi connectivity index (χ1) is 16.2. The number of urea groups is 1. The summed E-state index contributed by atoms with van der Waals surface area (Å²) in [6, 6.07) is 13.0. The summed E-state index contributed by atoms with van der Waals surface area (Å²) < 4.78 is 26.3. The molecule has 3 rings (SSSR count). The molecule has 1 aromatic heterocycles. The Balaban J connectivity index is 1.74. The summed E-state index contributed by atoms with van der Waals surface area (Å²) in [4.78, 5) is 30.3. The van der Waals surface area contributed by atoms with Gasteiger partial charge in [0.1, 0.15) is 0 Å². The minimum absolute atomic E-state index is 0.0114. The van der Waals surface area contributed by atoms with Gasteiger partial charge in [0.05, 0.1) is 9.79 Å². The Morgan fingerprint density at radius 2 is 1.71 bits per heavy atom. The Bertz CT molecular complexity index is 1260. The van der Waals surface area contributed by atoms with E-state index in [0.29, 0.717) is 25.3 Å². The molecule has 8 nitrogen and oxygen atoms in total. The van der Waals surface area contributed by atoms with Crippen molar-refractivity contribution in [3.05, 3.63) is 83.1 Å². The van der Waals surface area contributed by atoms with Crippen LogP contribution in [-0.2, 0) is 16.4 Å². The maximum atomic E-state index is 13.2. The van der Waals surface area contributed by atoms with E-state index in [0.717, 1.165) is 5.56 Å². The fourth-order valence-electron chi connectivity index (χ4n) is 3.25. The molecule has 0 aliphatic heterocycles. The van der Waals surface area contributed by atoms with E-state index in [2.05, 4.69) is 15.6 Å². The first-order valence-corrected chi connectivity index (χ1v) is 12.5. The summed E-state index contributed by atoms with van der Waals surface area (Å²) >= 11 is 6.14. The third-order valence-electron chi connectivity index (χ3n) is 5.08. The van der Waals surface area contributed by atoms with Crippen molar-refractivity contribution < 1.29 is 18.0 Å². The Morgan fingerprint density at radius 1 is 1.00 bits per heavy atom. The molecule has 0 saturated carbocycles. The molecule has 0 fully saturated rings. The van der Waals surface area contributed by atoms with Crippen LogP contribution in [0.1, 0.15) is 29.8 Å². The summed E-state index contributed by atoms with van der Waals surface area (Å²) in [5.41, 5.74) is 1.48. The van der Waals surface area contributed by atoms with Gasteiger partial charge in [-0.3, -0.25) is 9.78 Å². The highest BCUT2D eigenvalue weighted by molar-refractivity contribution is 7.91.